The van der Waals surface area contributed by atoms with E-state index in [0.717, 1.165) is 111 Å². The van der Waals surface area contributed by atoms with Crippen LogP contribution in [0.3, 0.4) is 0 Å². The number of benzene rings is 1. The molecule has 2 N–H and O–H groups in total. The predicted molar refractivity (Wildman–Crippen MR) is 236 cm³/mol. The summed E-state index contributed by atoms with van der Waals surface area (Å²) >= 11 is 0. The maximum Gasteiger partial charge on any atom is 0.0642 e. The van der Waals surface area contributed by atoms with Crippen LogP contribution in [0.2, 0.25) is 0 Å². The molecule has 11 nitrogen and oxygen atoms in total. The summed E-state index contributed by atoms with van der Waals surface area (Å²) in [6, 6.07) is 17.8. The Hall–Kier alpha value is -3.97. The molecular weight excluding hydrogens is 747 g/mol. The number of nitrogens with one attached hydrogen (secondary N) is 2. The molecule has 0 amide bonds. The van der Waals surface area contributed by atoms with Gasteiger partial charge in [-0.2, -0.15) is 0 Å². The number of anilines is 2. The number of ether oxygens (including phenoxy) is 2. The maximum atomic E-state index is 5.96. The standard InChI is InChI=1S/C49H63N9O2/c1-55(45-9-3-6-32-7-4-13-51-48(32)45)28-37-22-41-34(24-53-37)20-33(21-47(41)58-26-35-30-60-31-36(35)27-58)39-10-11-46(49-40(39)8-5-14-52-49)56(2)29-38-23-42-43(25-54-38)50-15-12-44(42)57-16-18-59-19-17-57/h4-5,7-8,12-15,20-21,35-39,45-46,53-54H,3,6,9-11,16-19,22-31H2,1-2H3/t35-,36+,37-,38-,39?,45+,46+/m1/s1. The fourth-order valence-electron chi connectivity index (χ4n) is 12.2. The summed E-state index contributed by atoms with van der Waals surface area (Å²) in [7, 11) is 4.64. The van der Waals surface area contributed by atoms with Crippen molar-refractivity contribution in [1.29, 1.82) is 0 Å². The van der Waals surface area contributed by atoms with Crippen LogP contribution in [0.1, 0.15) is 94.1 Å². The minimum atomic E-state index is 0.286. The van der Waals surface area contributed by atoms with Crippen LogP contribution >= 0.6 is 0 Å². The van der Waals surface area contributed by atoms with Crippen LogP contribution < -0.4 is 20.4 Å². The van der Waals surface area contributed by atoms with Crippen molar-refractivity contribution in [3.05, 3.63) is 112 Å². The largest absolute Gasteiger partial charge is 0.381 e. The van der Waals surface area contributed by atoms with Gasteiger partial charge in [0.2, 0.25) is 0 Å². The van der Waals surface area contributed by atoms with Gasteiger partial charge in [0, 0.05) is 112 Å². The number of hydrogen-bond acceptors (Lipinski definition) is 11. The highest BCUT2D eigenvalue weighted by molar-refractivity contribution is 5.62. The summed E-state index contributed by atoms with van der Waals surface area (Å²) in [5.41, 5.74) is 15.3. The van der Waals surface area contributed by atoms with Gasteiger partial charge in [0.05, 0.1) is 55.6 Å². The van der Waals surface area contributed by atoms with E-state index in [0.29, 0.717) is 35.9 Å². The Morgan fingerprint density at radius 2 is 1.43 bits per heavy atom. The summed E-state index contributed by atoms with van der Waals surface area (Å²) in [4.78, 5) is 25.3. The zero-order valence-corrected chi connectivity index (χ0v) is 35.7. The van der Waals surface area contributed by atoms with Crippen molar-refractivity contribution >= 4 is 11.4 Å². The molecule has 0 radical (unpaired) electrons. The van der Waals surface area contributed by atoms with Crippen molar-refractivity contribution in [2.45, 2.75) is 88.1 Å². The lowest BCUT2D eigenvalue weighted by atomic mass is 9.77. The molecule has 7 aliphatic rings. The van der Waals surface area contributed by atoms with Gasteiger partial charge in [-0.25, -0.2) is 0 Å². The van der Waals surface area contributed by atoms with Crippen LogP contribution in [0.5, 0.6) is 0 Å². The first kappa shape index (κ1) is 38.9. The second-order valence-electron chi connectivity index (χ2n) is 19.0. The Morgan fingerprint density at radius 1 is 0.700 bits per heavy atom. The van der Waals surface area contributed by atoms with Gasteiger partial charge in [-0.15, -0.1) is 0 Å². The van der Waals surface area contributed by atoms with Crippen molar-refractivity contribution in [1.82, 2.24) is 35.4 Å². The van der Waals surface area contributed by atoms with Crippen molar-refractivity contribution in [2.75, 3.05) is 89.6 Å². The number of pyridine rings is 3. The van der Waals surface area contributed by atoms with Crippen molar-refractivity contribution < 1.29 is 9.47 Å². The van der Waals surface area contributed by atoms with Crippen LogP contribution in [0.25, 0.3) is 0 Å². The molecule has 3 fully saturated rings. The summed E-state index contributed by atoms with van der Waals surface area (Å²) in [5.74, 6) is 1.60. The average molecular weight is 810 g/mol. The van der Waals surface area contributed by atoms with Gasteiger partial charge in [-0.05, 0) is 117 Å². The number of hydrogen-bond donors (Lipinski definition) is 2. The smallest absolute Gasteiger partial charge is 0.0642 e. The van der Waals surface area contributed by atoms with E-state index in [9.17, 15) is 0 Å². The third-order valence-electron chi connectivity index (χ3n) is 15.4. The molecule has 7 atom stereocenters. The van der Waals surface area contributed by atoms with E-state index in [2.05, 4.69) is 86.8 Å². The van der Waals surface area contributed by atoms with Gasteiger partial charge in [0.15, 0.2) is 0 Å². The van der Waals surface area contributed by atoms with Crippen LogP contribution in [0.15, 0.2) is 61.1 Å². The van der Waals surface area contributed by atoms with Gasteiger partial charge in [-0.1, -0.05) is 18.2 Å². The lowest BCUT2D eigenvalue weighted by molar-refractivity contribution is 0.122. The molecule has 4 aromatic rings. The maximum absolute atomic E-state index is 5.96. The zero-order valence-electron chi connectivity index (χ0n) is 35.7. The number of likely N-dealkylation sites (N-methyl/N-ethyl adjacent to an activating group) is 2. The Kier molecular flexibility index (Phi) is 10.8. The lowest BCUT2D eigenvalue weighted by Gasteiger charge is -2.40. The van der Waals surface area contributed by atoms with Crippen LogP contribution in [-0.2, 0) is 41.8 Å². The Morgan fingerprint density at radius 3 is 2.25 bits per heavy atom. The van der Waals surface area contributed by atoms with Gasteiger partial charge < -0.3 is 29.9 Å². The molecule has 11 heteroatoms. The van der Waals surface area contributed by atoms with E-state index < -0.39 is 0 Å². The van der Waals surface area contributed by atoms with Crippen LogP contribution in [0, 0.1) is 11.8 Å². The van der Waals surface area contributed by atoms with E-state index in [1.807, 2.05) is 18.6 Å². The monoisotopic (exact) mass is 810 g/mol. The summed E-state index contributed by atoms with van der Waals surface area (Å²) in [6.45, 7) is 11.2. The van der Waals surface area contributed by atoms with E-state index >= 15 is 0 Å². The first-order valence-corrected chi connectivity index (χ1v) is 23.1. The highest BCUT2D eigenvalue weighted by atomic mass is 16.5. The predicted octanol–water partition coefficient (Wildman–Crippen LogP) is 5.43. The highest BCUT2D eigenvalue weighted by Gasteiger charge is 2.40. The minimum Gasteiger partial charge on any atom is -0.381 e. The summed E-state index contributed by atoms with van der Waals surface area (Å²) < 4.78 is 11.6. The number of aromatic nitrogens is 3. The molecule has 60 heavy (non-hydrogen) atoms. The number of fused-ring (bicyclic) bond motifs is 5. The molecule has 11 rings (SSSR count). The Balaban J connectivity index is 0.837. The molecule has 5 aliphatic heterocycles. The van der Waals surface area contributed by atoms with Crippen LogP contribution in [0.4, 0.5) is 11.4 Å². The van der Waals surface area contributed by atoms with Gasteiger partial charge >= 0.3 is 0 Å². The van der Waals surface area contributed by atoms with E-state index in [1.54, 1.807) is 5.56 Å². The van der Waals surface area contributed by atoms with Crippen molar-refractivity contribution in [2.24, 2.45) is 11.8 Å². The van der Waals surface area contributed by atoms with E-state index in [-0.39, 0.29) is 6.04 Å². The first-order chi connectivity index (χ1) is 29.5. The molecule has 0 spiro atoms. The summed E-state index contributed by atoms with van der Waals surface area (Å²) in [6.07, 6.45) is 13.8. The van der Waals surface area contributed by atoms with Crippen LogP contribution in [-0.4, -0.2) is 117 Å². The lowest BCUT2D eigenvalue weighted by Crippen LogP contribution is -2.46. The zero-order chi connectivity index (χ0) is 40.2. The van der Waals surface area contributed by atoms with Gasteiger partial charge in [0.25, 0.3) is 0 Å². The molecule has 3 aromatic heterocycles. The van der Waals surface area contributed by atoms with Crippen molar-refractivity contribution in [3.63, 3.8) is 0 Å². The number of rotatable bonds is 9. The molecule has 2 aliphatic carbocycles. The molecule has 1 aromatic carbocycles. The molecule has 8 heterocycles. The average Bonchev–Trinajstić information content (AvgIpc) is 3.92. The second kappa shape index (κ2) is 16.7. The SMILES string of the molecule is CN(C[C@H]1Cc2c(cc(C3CC[C@H](N(C)C[C@H]4Cc5c(N6CCOCC6)ccnc5CN4)c4ncccc43)cc2N2C[C@H]3COC[C@H]3C2)CN1)[C@H]1CCCc2cccnc21. The topological polar surface area (TPSA) is 94.2 Å². The van der Waals surface area contributed by atoms with Gasteiger partial charge in [-0.3, -0.25) is 24.8 Å². The molecule has 3 saturated heterocycles. The number of aryl methyl sites for hydroxylation is 1. The second-order valence-corrected chi connectivity index (χ2v) is 19.0. The molecule has 316 valence electrons. The minimum absolute atomic E-state index is 0.286. The molecule has 0 saturated carbocycles. The molecular formula is C49H63N9O2. The van der Waals surface area contributed by atoms with Gasteiger partial charge in [0.1, 0.15) is 0 Å². The van der Waals surface area contributed by atoms with E-state index in [1.165, 1.54) is 69.1 Å². The fourth-order valence-corrected chi connectivity index (χ4v) is 12.2. The van der Waals surface area contributed by atoms with E-state index in [4.69, 9.17) is 24.4 Å². The highest BCUT2D eigenvalue weighted by Crippen LogP contribution is 2.46. The molecule has 0 bridgehead atoms. The van der Waals surface area contributed by atoms with Crippen molar-refractivity contribution in [3.8, 4) is 0 Å². The third kappa shape index (κ3) is 7.43. The number of nitrogens with zero attached hydrogens (tertiary/aromatic N) is 7. The Labute approximate surface area is 356 Å². The number of morpholine rings is 1. The normalized spacial score (nSPS) is 28.6. The Bertz CT molecular complexity index is 2160. The fraction of sp³-hybridized carbons (Fsp3) is 0.571. The molecule has 1 unspecified atom stereocenters. The third-order valence-corrected chi connectivity index (χ3v) is 15.4. The quantitative estimate of drug-likeness (QED) is 0.227. The first-order valence-electron chi connectivity index (χ1n) is 23.1. The summed E-state index contributed by atoms with van der Waals surface area (Å²) in [5, 5.41) is 7.88.